The number of fused-ring (bicyclic) bond motifs is 1. The van der Waals surface area contributed by atoms with Crippen LogP contribution in [0.5, 0.6) is 0 Å². The molecule has 0 aliphatic heterocycles. The molecule has 0 saturated carbocycles. The van der Waals surface area contributed by atoms with Crippen molar-refractivity contribution in [1.82, 2.24) is 9.55 Å². The lowest BCUT2D eigenvalue weighted by atomic mass is 10.2. The van der Waals surface area contributed by atoms with E-state index < -0.39 is 0 Å². The first-order chi connectivity index (χ1) is 9.60. The fourth-order valence-corrected chi connectivity index (χ4v) is 2.88. The molecule has 2 aromatic carbocycles. The molecule has 0 spiro atoms. The van der Waals surface area contributed by atoms with E-state index in [2.05, 4.69) is 75.7 Å². The highest BCUT2D eigenvalue weighted by Crippen LogP contribution is 2.26. The van der Waals surface area contributed by atoms with Gasteiger partial charge in [0.2, 0.25) is 0 Å². The van der Waals surface area contributed by atoms with E-state index in [1.165, 1.54) is 11.1 Å². The molecule has 1 aromatic heterocycles. The van der Waals surface area contributed by atoms with Gasteiger partial charge < -0.3 is 0 Å². The fourth-order valence-electron chi connectivity index (χ4n) is 2.34. The Bertz CT molecular complexity index is 793. The molecule has 4 heteroatoms. The van der Waals surface area contributed by atoms with Crippen LogP contribution in [0.3, 0.4) is 0 Å². The zero-order chi connectivity index (χ0) is 14.3. The summed E-state index contributed by atoms with van der Waals surface area (Å²) in [5.41, 5.74) is 5.55. The van der Waals surface area contributed by atoms with Gasteiger partial charge in [-0.25, -0.2) is 4.98 Å². The minimum Gasteiger partial charge on any atom is -0.295 e. The number of hydrogen-bond acceptors (Lipinski definition) is 1. The Morgan fingerprint density at radius 3 is 2.65 bits per heavy atom. The lowest BCUT2D eigenvalue weighted by Gasteiger charge is -2.09. The van der Waals surface area contributed by atoms with Crippen molar-refractivity contribution in [3.05, 3.63) is 57.8 Å². The summed E-state index contributed by atoms with van der Waals surface area (Å²) in [7, 11) is 0. The van der Waals surface area contributed by atoms with Gasteiger partial charge in [-0.1, -0.05) is 28.1 Å². The normalized spacial score (nSPS) is 11.2. The van der Waals surface area contributed by atoms with Gasteiger partial charge in [-0.2, -0.15) is 0 Å². The average molecular weight is 350 g/mol. The Hall–Kier alpha value is -1.32. The molecule has 3 rings (SSSR count). The molecule has 0 saturated heterocycles. The van der Waals surface area contributed by atoms with Crippen LogP contribution >= 0.6 is 27.5 Å². The fraction of sp³-hybridized carbons (Fsp3) is 0.188. The Morgan fingerprint density at radius 2 is 1.95 bits per heavy atom. The first kappa shape index (κ1) is 13.7. The van der Waals surface area contributed by atoms with Crippen LogP contribution in [-0.4, -0.2) is 9.55 Å². The Kier molecular flexibility index (Phi) is 3.57. The second kappa shape index (κ2) is 5.23. The summed E-state index contributed by atoms with van der Waals surface area (Å²) in [5.74, 6) is 1.25. The predicted molar refractivity (Wildman–Crippen MR) is 87.8 cm³/mol. The quantitative estimate of drug-likeness (QED) is 0.585. The van der Waals surface area contributed by atoms with Gasteiger partial charge in [0.1, 0.15) is 5.82 Å². The molecule has 0 bridgehead atoms. The summed E-state index contributed by atoms with van der Waals surface area (Å²) in [4.78, 5) is 4.64. The zero-order valence-electron chi connectivity index (χ0n) is 11.3. The van der Waals surface area contributed by atoms with Crippen molar-refractivity contribution >= 4 is 38.6 Å². The highest BCUT2D eigenvalue weighted by molar-refractivity contribution is 9.10. The molecule has 0 radical (unpaired) electrons. The van der Waals surface area contributed by atoms with Crippen molar-refractivity contribution in [3.63, 3.8) is 0 Å². The number of alkyl halides is 1. The van der Waals surface area contributed by atoms with Gasteiger partial charge in [-0.15, -0.1) is 11.6 Å². The molecule has 0 amide bonds. The summed E-state index contributed by atoms with van der Waals surface area (Å²) in [6.07, 6.45) is 0. The van der Waals surface area contributed by atoms with E-state index >= 15 is 0 Å². The summed E-state index contributed by atoms with van der Waals surface area (Å²) in [6, 6.07) is 12.6. The largest absolute Gasteiger partial charge is 0.295 e. The van der Waals surface area contributed by atoms with Gasteiger partial charge in [-0.05, 0) is 49.2 Å². The Labute approximate surface area is 131 Å². The van der Waals surface area contributed by atoms with Crippen molar-refractivity contribution in [2.24, 2.45) is 0 Å². The van der Waals surface area contributed by atoms with Crippen LogP contribution in [0.25, 0.3) is 16.7 Å². The van der Waals surface area contributed by atoms with Crippen molar-refractivity contribution in [3.8, 4) is 5.69 Å². The summed E-state index contributed by atoms with van der Waals surface area (Å²) < 4.78 is 3.20. The van der Waals surface area contributed by atoms with Gasteiger partial charge in [0, 0.05) is 10.2 Å². The number of hydrogen-bond donors (Lipinski definition) is 0. The maximum atomic E-state index is 6.07. The third kappa shape index (κ3) is 2.25. The molecular weight excluding hydrogens is 336 g/mol. The molecule has 0 atom stereocenters. The highest BCUT2D eigenvalue weighted by atomic mass is 79.9. The number of aromatic nitrogens is 2. The Balaban J connectivity index is 2.30. The molecule has 20 heavy (non-hydrogen) atoms. The molecule has 0 aliphatic carbocycles. The minimum atomic E-state index is 0.388. The van der Waals surface area contributed by atoms with Crippen molar-refractivity contribution < 1.29 is 0 Å². The maximum absolute atomic E-state index is 6.07. The number of aryl methyl sites for hydroxylation is 2. The van der Waals surface area contributed by atoms with Crippen LogP contribution in [0.2, 0.25) is 0 Å². The van der Waals surface area contributed by atoms with Crippen LogP contribution in [0.4, 0.5) is 0 Å². The van der Waals surface area contributed by atoms with Crippen LogP contribution in [0.15, 0.2) is 40.9 Å². The van der Waals surface area contributed by atoms with Gasteiger partial charge in [-0.3, -0.25) is 4.57 Å². The van der Waals surface area contributed by atoms with E-state index in [9.17, 15) is 0 Å². The first-order valence-corrected chi connectivity index (χ1v) is 7.73. The van der Waals surface area contributed by atoms with E-state index in [0.29, 0.717) is 5.88 Å². The second-order valence-electron chi connectivity index (χ2n) is 4.92. The lowest BCUT2D eigenvalue weighted by molar-refractivity contribution is 0.980. The maximum Gasteiger partial charge on any atom is 0.129 e. The predicted octanol–water partition coefficient (Wildman–Crippen LogP) is 5.14. The summed E-state index contributed by atoms with van der Waals surface area (Å²) in [5, 5.41) is 0. The second-order valence-corrected chi connectivity index (χ2v) is 6.04. The molecule has 0 fully saturated rings. The number of benzene rings is 2. The lowest BCUT2D eigenvalue weighted by Crippen LogP contribution is -1.99. The number of halogens is 2. The van der Waals surface area contributed by atoms with Crippen LogP contribution in [-0.2, 0) is 5.88 Å². The molecule has 2 nitrogen and oxygen atoms in total. The van der Waals surface area contributed by atoms with Crippen LogP contribution in [0.1, 0.15) is 17.0 Å². The molecule has 1 heterocycles. The van der Waals surface area contributed by atoms with E-state index in [1.807, 2.05) is 0 Å². The SMILES string of the molecule is Cc1ccc2c(c1)nc(CCl)n2-c1ccc(C)c(Br)c1. The highest BCUT2D eigenvalue weighted by Gasteiger charge is 2.12. The van der Waals surface area contributed by atoms with E-state index in [-0.39, 0.29) is 0 Å². The first-order valence-electron chi connectivity index (χ1n) is 6.40. The van der Waals surface area contributed by atoms with E-state index in [1.54, 1.807) is 0 Å². The smallest absolute Gasteiger partial charge is 0.129 e. The summed E-state index contributed by atoms with van der Waals surface area (Å²) in [6.45, 7) is 4.15. The monoisotopic (exact) mass is 348 g/mol. The van der Waals surface area contributed by atoms with Crippen molar-refractivity contribution in [2.75, 3.05) is 0 Å². The topological polar surface area (TPSA) is 17.8 Å². The van der Waals surface area contributed by atoms with Gasteiger partial charge in [0.05, 0.1) is 16.9 Å². The minimum absolute atomic E-state index is 0.388. The third-order valence-corrected chi connectivity index (χ3v) is 4.51. The average Bonchev–Trinajstić information content (AvgIpc) is 2.79. The molecule has 0 unspecified atom stereocenters. The Morgan fingerprint density at radius 1 is 1.15 bits per heavy atom. The van der Waals surface area contributed by atoms with Gasteiger partial charge in [0.25, 0.3) is 0 Å². The van der Waals surface area contributed by atoms with E-state index in [0.717, 1.165) is 27.0 Å². The molecular formula is C16H14BrClN2. The van der Waals surface area contributed by atoms with Crippen molar-refractivity contribution in [2.45, 2.75) is 19.7 Å². The van der Waals surface area contributed by atoms with E-state index in [4.69, 9.17) is 11.6 Å². The third-order valence-electron chi connectivity index (χ3n) is 3.41. The molecule has 3 aromatic rings. The van der Waals surface area contributed by atoms with Gasteiger partial charge in [0.15, 0.2) is 0 Å². The number of imidazole rings is 1. The van der Waals surface area contributed by atoms with Crippen LogP contribution in [0, 0.1) is 13.8 Å². The number of rotatable bonds is 2. The standard InChI is InChI=1S/C16H14BrClN2/c1-10-3-6-15-14(7-10)19-16(9-18)20(15)12-5-4-11(2)13(17)8-12/h3-8H,9H2,1-2H3. The molecule has 102 valence electrons. The molecule has 0 N–H and O–H groups in total. The summed E-state index contributed by atoms with van der Waals surface area (Å²) >= 11 is 9.66. The van der Waals surface area contributed by atoms with Gasteiger partial charge >= 0.3 is 0 Å². The van der Waals surface area contributed by atoms with Crippen molar-refractivity contribution in [1.29, 1.82) is 0 Å². The zero-order valence-corrected chi connectivity index (χ0v) is 13.7. The van der Waals surface area contributed by atoms with Crippen LogP contribution < -0.4 is 0 Å². The number of nitrogens with zero attached hydrogens (tertiary/aromatic N) is 2. The molecule has 0 aliphatic rings.